The van der Waals surface area contributed by atoms with Gasteiger partial charge in [-0.1, -0.05) is 95.9 Å². The van der Waals surface area contributed by atoms with E-state index in [0.717, 1.165) is 0 Å². The lowest BCUT2D eigenvalue weighted by Crippen LogP contribution is -1.79. The summed E-state index contributed by atoms with van der Waals surface area (Å²) >= 11 is 0. The second-order valence-electron chi connectivity index (χ2n) is 5.62. The van der Waals surface area contributed by atoms with Gasteiger partial charge in [-0.15, -0.1) is 0 Å². The summed E-state index contributed by atoms with van der Waals surface area (Å²) in [5.74, 6) is 0. The second-order valence-corrected chi connectivity index (χ2v) is 5.62. The van der Waals surface area contributed by atoms with Gasteiger partial charge in [-0.05, 0) is 25.7 Å². The second kappa shape index (κ2) is 17.5. The van der Waals surface area contributed by atoms with Crippen molar-refractivity contribution in [1.29, 1.82) is 0 Å². The molecular formula is C19H36. The quantitative estimate of drug-likeness (QED) is 0.230. The topological polar surface area (TPSA) is 0 Å². The monoisotopic (exact) mass is 264 g/mol. The minimum atomic E-state index is 1.25. The van der Waals surface area contributed by atoms with Crippen LogP contribution in [-0.4, -0.2) is 0 Å². The van der Waals surface area contributed by atoms with Crippen LogP contribution in [0, 0.1) is 0 Å². The summed E-state index contributed by atoms with van der Waals surface area (Å²) in [6, 6.07) is 0. The Bertz CT molecular complexity index is 200. The van der Waals surface area contributed by atoms with E-state index in [0.29, 0.717) is 0 Å². The zero-order valence-electron chi connectivity index (χ0n) is 13.5. The van der Waals surface area contributed by atoms with Crippen molar-refractivity contribution in [3.63, 3.8) is 0 Å². The van der Waals surface area contributed by atoms with Crippen LogP contribution in [-0.2, 0) is 0 Å². The molecule has 0 aromatic rings. The first kappa shape index (κ1) is 18.5. The summed E-state index contributed by atoms with van der Waals surface area (Å²) in [4.78, 5) is 0. The standard InChI is InChI=1S/C19H36/c1-3-5-7-9-11-13-15-17-19-18-16-14-12-10-8-6-4-2/h11,13,15,17H,3-10,12,14,16,18-19H2,1-2H3/b13-11-,17-15+. The van der Waals surface area contributed by atoms with Crippen molar-refractivity contribution in [2.75, 3.05) is 0 Å². The molecule has 0 atom stereocenters. The largest absolute Gasteiger partial charge is 0.0845 e. The van der Waals surface area contributed by atoms with Crippen molar-refractivity contribution in [2.45, 2.75) is 97.3 Å². The van der Waals surface area contributed by atoms with E-state index in [9.17, 15) is 0 Å². The molecule has 0 spiro atoms. The maximum atomic E-state index is 2.33. The van der Waals surface area contributed by atoms with Gasteiger partial charge in [0, 0.05) is 0 Å². The van der Waals surface area contributed by atoms with Gasteiger partial charge in [0.1, 0.15) is 0 Å². The fraction of sp³-hybridized carbons (Fsp3) is 0.789. The smallest absolute Gasteiger partial charge is 0.0348 e. The van der Waals surface area contributed by atoms with Crippen LogP contribution >= 0.6 is 0 Å². The molecule has 112 valence electrons. The molecule has 0 aromatic heterocycles. The van der Waals surface area contributed by atoms with Crippen molar-refractivity contribution >= 4 is 0 Å². The first-order valence-electron chi connectivity index (χ1n) is 8.73. The minimum absolute atomic E-state index is 1.25. The molecule has 0 aromatic carbocycles. The number of hydrogen-bond acceptors (Lipinski definition) is 0. The predicted octanol–water partition coefficient (Wildman–Crippen LogP) is 7.21. The Morgan fingerprint density at radius 3 is 1.37 bits per heavy atom. The van der Waals surface area contributed by atoms with Gasteiger partial charge in [0.25, 0.3) is 0 Å². The molecule has 0 aliphatic heterocycles. The highest BCUT2D eigenvalue weighted by Gasteiger charge is 1.90. The van der Waals surface area contributed by atoms with Crippen LogP contribution < -0.4 is 0 Å². The fourth-order valence-electron chi connectivity index (χ4n) is 2.26. The SMILES string of the molecule is CCCCC/C=C\C=C\CCCCCCCCCC. The Morgan fingerprint density at radius 2 is 0.842 bits per heavy atom. The number of allylic oxidation sites excluding steroid dienone is 4. The molecule has 0 heterocycles. The van der Waals surface area contributed by atoms with Crippen LogP contribution in [0.3, 0.4) is 0 Å². The Labute approximate surface area is 122 Å². The predicted molar refractivity (Wildman–Crippen MR) is 89.6 cm³/mol. The summed E-state index contributed by atoms with van der Waals surface area (Å²) in [7, 11) is 0. The summed E-state index contributed by atoms with van der Waals surface area (Å²) < 4.78 is 0. The molecule has 0 fully saturated rings. The lowest BCUT2D eigenvalue weighted by molar-refractivity contribution is 0.577. The van der Waals surface area contributed by atoms with Crippen LogP contribution in [0.1, 0.15) is 97.3 Å². The van der Waals surface area contributed by atoms with Crippen LogP contribution in [0.4, 0.5) is 0 Å². The molecule has 19 heavy (non-hydrogen) atoms. The van der Waals surface area contributed by atoms with Gasteiger partial charge in [0.15, 0.2) is 0 Å². The molecule has 0 saturated carbocycles. The van der Waals surface area contributed by atoms with Crippen molar-refractivity contribution in [3.8, 4) is 0 Å². The van der Waals surface area contributed by atoms with E-state index < -0.39 is 0 Å². The van der Waals surface area contributed by atoms with E-state index in [-0.39, 0.29) is 0 Å². The molecule has 0 N–H and O–H groups in total. The van der Waals surface area contributed by atoms with Crippen LogP contribution in [0.25, 0.3) is 0 Å². The highest BCUT2D eigenvalue weighted by atomic mass is 14.0. The van der Waals surface area contributed by atoms with Crippen molar-refractivity contribution in [3.05, 3.63) is 24.3 Å². The Kier molecular flexibility index (Phi) is 17.0. The van der Waals surface area contributed by atoms with Gasteiger partial charge >= 0.3 is 0 Å². The molecule has 0 nitrogen and oxygen atoms in total. The number of rotatable bonds is 14. The van der Waals surface area contributed by atoms with E-state index >= 15 is 0 Å². The minimum Gasteiger partial charge on any atom is -0.0845 e. The zero-order valence-corrected chi connectivity index (χ0v) is 13.5. The Hall–Kier alpha value is -0.520. The van der Waals surface area contributed by atoms with Gasteiger partial charge in [-0.25, -0.2) is 0 Å². The summed E-state index contributed by atoms with van der Waals surface area (Å²) in [5.41, 5.74) is 0. The van der Waals surface area contributed by atoms with Crippen molar-refractivity contribution in [2.24, 2.45) is 0 Å². The summed E-state index contributed by atoms with van der Waals surface area (Å²) in [5, 5.41) is 0. The van der Waals surface area contributed by atoms with E-state index in [4.69, 9.17) is 0 Å². The molecule has 0 bridgehead atoms. The maximum Gasteiger partial charge on any atom is -0.0348 e. The van der Waals surface area contributed by atoms with Crippen LogP contribution in [0.2, 0.25) is 0 Å². The van der Waals surface area contributed by atoms with E-state index in [1.165, 1.54) is 83.5 Å². The third-order valence-electron chi connectivity index (χ3n) is 3.58. The van der Waals surface area contributed by atoms with Crippen LogP contribution in [0.15, 0.2) is 24.3 Å². The van der Waals surface area contributed by atoms with Crippen LogP contribution in [0.5, 0.6) is 0 Å². The maximum absolute atomic E-state index is 2.33. The molecule has 0 aliphatic carbocycles. The van der Waals surface area contributed by atoms with E-state index in [1.807, 2.05) is 0 Å². The summed E-state index contributed by atoms with van der Waals surface area (Å²) in [6.07, 6.45) is 27.0. The van der Waals surface area contributed by atoms with Crippen molar-refractivity contribution < 1.29 is 0 Å². The third kappa shape index (κ3) is 17.5. The first-order chi connectivity index (χ1) is 9.41. The lowest BCUT2D eigenvalue weighted by Gasteiger charge is -1.99. The van der Waals surface area contributed by atoms with Gasteiger partial charge in [-0.3, -0.25) is 0 Å². The Morgan fingerprint density at radius 1 is 0.474 bits per heavy atom. The van der Waals surface area contributed by atoms with Gasteiger partial charge in [-0.2, -0.15) is 0 Å². The lowest BCUT2D eigenvalue weighted by atomic mass is 10.1. The molecular weight excluding hydrogens is 228 g/mol. The molecule has 0 aliphatic rings. The highest BCUT2D eigenvalue weighted by molar-refractivity contribution is 5.02. The first-order valence-corrected chi connectivity index (χ1v) is 8.73. The normalized spacial score (nSPS) is 11.9. The van der Waals surface area contributed by atoms with E-state index in [2.05, 4.69) is 38.2 Å². The highest BCUT2D eigenvalue weighted by Crippen LogP contribution is 2.09. The average molecular weight is 264 g/mol. The van der Waals surface area contributed by atoms with Gasteiger partial charge < -0.3 is 0 Å². The fourth-order valence-corrected chi connectivity index (χ4v) is 2.26. The molecule has 0 amide bonds. The average Bonchev–Trinajstić information content (AvgIpc) is 2.43. The summed E-state index contributed by atoms with van der Waals surface area (Å²) in [6.45, 7) is 4.54. The molecule has 0 rings (SSSR count). The third-order valence-corrected chi connectivity index (χ3v) is 3.58. The number of unbranched alkanes of at least 4 members (excludes halogenated alkanes) is 11. The zero-order chi connectivity index (χ0) is 14.0. The molecule has 0 unspecified atom stereocenters. The Balaban J connectivity index is 3.12. The van der Waals surface area contributed by atoms with Gasteiger partial charge in [0.05, 0.1) is 0 Å². The van der Waals surface area contributed by atoms with E-state index in [1.54, 1.807) is 0 Å². The van der Waals surface area contributed by atoms with Crippen molar-refractivity contribution in [1.82, 2.24) is 0 Å². The number of hydrogen-bond donors (Lipinski definition) is 0. The molecule has 0 radical (unpaired) electrons. The molecule has 0 saturated heterocycles. The van der Waals surface area contributed by atoms with Gasteiger partial charge in [0.2, 0.25) is 0 Å². The molecule has 0 heteroatoms.